The molecule has 0 saturated carbocycles. The minimum absolute atomic E-state index is 0.390. The zero-order valence-corrected chi connectivity index (χ0v) is 24.8. The molecule has 0 bridgehead atoms. The van der Waals surface area contributed by atoms with Gasteiger partial charge in [-0.1, -0.05) is 133 Å². The molecule has 2 nitrogen and oxygen atoms in total. The van der Waals surface area contributed by atoms with Crippen molar-refractivity contribution in [3.8, 4) is 11.1 Å². The van der Waals surface area contributed by atoms with Crippen molar-refractivity contribution in [3.63, 3.8) is 0 Å². The first-order valence-corrected chi connectivity index (χ1v) is 15.5. The third-order valence-electron chi connectivity index (χ3n) is 8.88. The fourth-order valence-electron chi connectivity index (χ4n) is 7.02. The molecule has 2 heteroatoms. The number of nitrogens with zero attached hydrogens (tertiary/aromatic N) is 1. The highest BCUT2D eigenvalue weighted by Gasteiger charge is 2.45. The topological polar surface area (TPSA) is 15.3 Å². The minimum atomic E-state index is -0.390. The molecular weight excluding hydrogens is 544 g/mol. The summed E-state index contributed by atoms with van der Waals surface area (Å²) in [6.07, 6.45) is 0. The zero-order valence-electron chi connectivity index (χ0n) is 24.8. The monoisotopic (exact) mass is 576 g/mol. The molecule has 0 fully saturated rings. The fourth-order valence-corrected chi connectivity index (χ4v) is 7.02. The number of nitrogens with one attached hydrogen (secondary N) is 1. The van der Waals surface area contributed by atoms with Crippen LogP contribution in [-0.4, -0.2) is 0 Å². The van der Waals surface area contributed by atoms with Gasteiger partial charge in [-0.05, 0) is 88.0 Å². The Morgan fingerprint density at radius 1 is 0.356 bits per heavy atom. The SMILES string of the molecule is c1ccc(N(c2ccccc2)c2cccc(Nc3ccc4c(c3)-c3ccccc3C4(c3ccccc3)c3ccccc3)c2)cc1. The van der Waals surface area contributed by atoms with E-state index in [0.29, 0.717) is 0 Å². The van der Waals surface area contributed by atoms with E-state index in [2.05, 4.69) is 198 Å². The van der Waals surface area contributed by atoms with Gasteiger partial charge in [0.25, 0.3) is 0 Å². The number of hydrogen-bond donors (Lipinski definition) is 1. The minimum Gasteiger partial charge on any atom is -0.355 e. The number of anilines is 5. The Bertz CT molecular complexity index is 1990. The summed E-state index contributed by atoms with van der Waals surface area (Å²) < 4.78 is 0. The lowest BCUT2D eigenvalue weighted by atomic mass is 9.68. The first-order chi connectivity index (χ1) is 22.3. The van der Waals surface area contributed by atoms with Crippen LogP contribution in [0.2, 0.25) is 0 Å². The Hall–Kier alpha value is -5.86. The van der Waals surface area contributed by atoms with Crippen LogP contribution in [0.4, 0.5) is 28.4 Å². The van der Waals surface area contributed by atoms with Gasteiger partial charge in [0, 0.05) is 28.4 Å². The first kappa shape index (κ1) is 26.7. The van der Waals surface area contributed by atoms with Gasteiger partial charge in [0.1, 0.15) is 0 Å². The Balaban J connectivity index is 1.23. The molecule has 45 heavy (non-hydrogen) atoms. The van der Waals surface area contributed by atoms with E-state index in [1.54, 1.807) is 0 Å². The van der Waals surface area contributed by atoms with Gasteiger partial charge in [-0.25, -0.2) is 0 Å². The summed E-state index contributed by atoms with van der Waals surface area (Å²) in [7, 11) is 0. The van der Waals surface area contributed by atoms with Crippen molar-refractivity contribution in [2.24, 2.45) is 0 Å². The molecule has 0 heterocycles. The fraction of sp³-hybridized carbons (Fsp3) is 0.0233. The summed E-state index contributed by atoms with van der Waals surface area (Å²) in [5.41, 5.74) is 12.7. The highest BCUT2D eigenvalue weighted by molar-refractivity contribution is 5.88. The average Bonchev–Trinajstić information content (AvgIpc) is 3.41. The molecule has 0 aliphatic heterocycles. The maximum atomic E-state index is 3.74. The molecule has 1 aliphatic rings. The second-order valence-electron chi connectivity index (χ2n) is 11.5. The maximum Gasteiger partial charge on any atom is 0.0713 e. The van der Waals surface area contributed by atoms with E-state index in [-0.39, 0.29) is 0 Å². The summed E-state index contributed by atoms with van der Waals surface area (Å²) in [5.74, 6) is 0. The number of fused-ring (bicyclic) bond motifs is 3. The van der Waals surface area contributed by atoms with Crippen LogP contribution in [0.1, 0.15) is 22.3 Å². The summed E-state index contributed by atoms with van der Waals surface area (Å²) in [6, 6.07) is 67.3. The van der Waals surface area contributed by atoms with Gasteiger partial charge >= 0.3 is 0 Å². The molecule has 0 saturated heterocycles. The summed E-state index contributed by atoms with van der Waals surface area (Å²) in [4.78, 5) is 2.29. The van der Waals surface area contributed by atoms with Crippen molar-refractivity contribution in [1.29, 1.82) is 0 Å². The van der Waals surface area contributed by atoms with Gasteiger partial charge in [-0.3, -0.25) is 0 Å². The first-order valence-electron chi connectivity index (χ1n) is 15.5. The van der Waals surface area contributed by atoms with Crippen LogP contribution in [-0.2, 0) is 5.41 Å². The smallest absolute Gasteiger partial charge is 0.0713 e. The van der Waals surface area contributed by atoms with Crippen LogP contribution in [0.5, 0.6) is 0 Å². The molecule has 1 N–H and O–H groups in total. The standard InChI is InChI=1S/C43H32N2/c1-5-16-32(17-6-1)43(33-18-7-2-8-19-33)41-27-14-13-26-39(41)40-31-35(28-29-42(40)43)44-34-20-15-25-38(30-34)45(36-21-9-3-10-22-36)37-23-11-4-12-24-37/h1-31,44H. The van der Waals surface area contributed by atoms with Crippen LogP contribution in [0.15, 0.2) is 188 Å². The van der Waals surface area contributed by atoms with Gasteiger partial charge < -0.3 is 10.2 Å². The van der Waals surface area contributed by atoms with Crippen molar-refractivity contribution in [2.75, 3.05) is 10.2 Å². The Morgan fingerprint density at radius 3 is 1.47 bits per heavy atom. The summed E-state index contributed by atoms with van der Waals surface area (Å²) in [6.45, 7) is 0. The highest BCUT2D eigenvalue weighted by Crippen LogP contribution is 2.56. The van der Waals surface area contributed by atoms with Crippen LogP contribution in [0.3, 0.4) is 0 Å². The van der Waals surface area contributed by atoms with Crippen LogP contribution >= 0.6 is 0 Å². The number of hydrogen-bond acceptors (Lipinski definition) is 2. The molecule has 0 spiro atoms. The van der Waals surface area contributed by atoms with E-state index in [0.717, 1.165) is 28.4 Å². The van der Waals surface area contributed by atoms with Gasteiger partial charge in [0.15, 0.2) is 0 Å². The van der Waals surface area contributed by atoms with E-state index in [1.807, 2.05) is 0 Å². The maximum absolute atomic E-state index is 3.74. The number of benzene rings is 7. The molecule has 8 rings (SSSR count). The Labute approximate surface area is 264 Å². The predicted molar refractivity (Wildman–Crippen MR) is 188 cm³/mol. The highest BCUT2D eigenvalue weighted by atomic mass is 15.1. The number of para-hydroxylation sites is 2. The molecule has 214 valence electrons. The summed E-state index contributed by atoms with van der Waals surface area (Å²) in [5, 5.41) is 3.74. The average molecular weight is 577 g/mol. The van der Waals surface area contributed by atoms with Gasteiger partial charge in [-0.2, -0.15) is 0 Å². The second kappa shape index (κ2) is 11.3. The molecule has 7 aromatic carbocycles. The van der Waals surface area contributed by atoms with Crippen molar-refractivity contribution in [2.45, 2.75) is 5.41 Å². The largest absolute Gasteiger partial charge is 0.355 e. The molecule has 0 aromatic heterocycles. The van der Waals surface area contributed by atoms with Crippen molar-refractivity contribution in [3.05, 3.63) is 210 Å². The number of rotatable bonds is 7. The molecular formula is C43H32N2. The lowest BCUT2D eigenvalue weighted by molar-refractivity contribution is 0.768. The predicted octanol–water partition coefficient (Wildman–Crippen LogP) is 11.3. The van der Waals surface area contributed by atoms with Crippen molar-refractivity contribution >= 4 is 28.4 Å². The van der Waals surface area contributed by atoms with Gasteiger partial charge in [0.2, 0.25) is 0 Å². The zero-order chi connectivity index (χ0) is 30.1. The van der Waals surface area contributed by atoms with Crippen LogP contribution in [0, 0.1) is 0 Å². The van der Waals surface area contributed by atoms with E-state index in [1.165, 1.54) is 33.4 Å². The van der Waals surface area contributed by atoms with E-state index < -0.39 is 5.41 Å². The van der Waals surface area contributed by atoms with Crippen molar-refractivity contribution < 1.29 is 0 Å². The van der Waals surface area contributed by atoms with Gasteiger partial charge in [-0.15, -0.1) is 0 Å². The van der Waals surface area contributed by atoms with E-state index in [4.69, 9.17) is 0 Å². The normalized spacial score (nSPS) is 12.6. The Morgan fingerprint density at radius 2 is 0.844 bits per heavy atom. The summed E-state index contributed by atoms with van der Waals surface area (Å²) >= 11 is 0. The Kier molecular flexibility index (Phi) is 6.73. The molecule has 0 amide bonds. The lowest BCUT2D eigenvalue weighted by Crippen LogP contribution is -2.28. The molecule has 7 aromatic rings. The second-order valence-corrected chi connectivity index (χ2v) is 11.5. The van der Waals surface area contributed by atoms with Gasteiger partial charge in [0.05, 0.1) is 5.41 Å². The molecule has 0 radical (unpaired) electrons. The third-order valence-corrected chi connectivity index (χ3v) is 8.88. The lowest BCUT2D eigenvalue weighted by Gasteiger charge is -2.33. The van der Waals surface area contributed by atoms with Crippen LogP contribution in [0.25, 0.3) is 11.1 Å². The molecule has 0 unspecified atom stereocenters. The quantitative estimate of drug-likeness (QED) is 0.203. The third kappa shape index (κ3) is 4.59. The van der Waals surface area contributed by atoms with E-state index in [9.17, 15) is 0 Å². The van der Waals surface area contributed by atoms with E-state index >= 15 is 0 Å². The molecule has 1 aliphatic carbocycles. The van der Waals surface area contributed by atoms with Crippen molar-refractivity contribution in [1.82, 2.24) is 0 Å². The van der Waals surface area contributed by atoms with Crippen LogP contribution < -0.4 is 10.2 Å². The molecule has 0 atom stereocenters.